The van der Waals surface area contributed by atoms with Gasteiger partial charge < -0.3 is 4.74 Å². The topological polar surface area (TPSA) is 33.1 Å². The van der Waals surface area contributed by atoms with Gasteiger partial charge in [0.25, 0.3) is 5.36 Å². The van der Waals surface area contributed by atoms with Crippen LogP contribution >= 0.6 is 11.6 Å². The summed E-state index contributed by atoms with van der Waals surface area (Å²) in [5.41, 5.74) is 0. The highest BCUT2D eigenvalue weighted by Crippen LogP contribution is 1.74. The number of hydrogen-bond acceptors (Lipinski definition) is 2. The van der Waals surface area contributed by atoms with Gasteiger partial charge in [-0.3, -0.25) is 5.41 Å². The molecule has 3 heteroatoms. The molecule has 0 amide bonds. The Bertz CT molecular complexity index is 44.9. The first-order chi connectivity index (χ1) is 2.27. The van der Waals surface area contributed by atoms with Gasteiger partial charge in [-0.1, -0.05) is 0 Å². The van der Waals surface area contributed by atoms with Crippen LogP contribution in [-0.4, -0.2) is 12.5 Å². The van der Waals surface area contributed by atoms with Crippen molar-refractivity contribution in [3.63, 3.8) is 0 Å². The molecule has 0 aliphatic heterocycles. The van der Waals surface area contributed by atoms with E-state index in [9.17, 15) is 0 Å². The van der Waals surface area contributed by atoms with E-state index in [1.807, 2.05) is 0 Å². The molecular weight excluding hydrogens is 89.5 g/mol. The van der Waals surface area contributed by atoms with Crippen LogP contribution in [0.25, 0.3) is 0 Å². The van der Waals surface area contributed by atoms with E-state index in [4.69, 9.17) is 17.0 Å². The van der Waals surface area contributed by atoms with Crippen molar-refractivity contribution in [2.45, 2.75) is 0 Å². The molecule has 0 saturated carbocycles. The quantitative estimate of drug-likeness (QED) is 0.349. The van der Waals surface area contributed by atoms with E-state index in [-0.39, 0.29) is 5.36 Å². The molecule has 0 spiro atoms. The van der Waals surface area contributed by atoms with Crippen LogP contribution in [0.5, 0.6) is 0 Å². The van der Waals surface area contributed by atoms with Gasteiger partial charge in [0.15, 0.2) is 0 Å². The molecule has 0 aliphatic rings. The number of ether oxygens (including phenoxy) is 1. The first-order valence-corrected chi connectivity index (χ1v) is 1.43. The Morgan fingerprint density at radius 3 is 2.20 bits per heavy atom. The summed E-state index contributed by atoms with van der Waals surface area (Å²) in [5, 5.41) is 6.01. The lowest BCUT2D eigenvalue weighted by Crippen LogP contribution is -1.82. The van der Waals surface area contributed by atoms with Gasteiger partial charge in [-0.25, -0.2) is 0 Å². The van der Waals surface area contributed by atoms with Crippen LogP contribution in [0, 0.1) is 5.41 Å². The Labute approximate surface area is 35.2 Å². The van der Waals surface area contributed by atoms with Crippen LogP contribution in [0.2, 0.25) is 0 Å². The maximum absolute atomic E-state index is 6.29. The maximum Gasteiger partial charge on any atom is 0.279 e. The summed E-state index contributed by atoms with van der Waals surface area (Å²) in [7, 11) is 1.34. The van der Waals surface area contributed by atoms with Crippen LogP contribution in [0.15, 0.2) is 0 Å². The molecule has 0 aliphatic carbocycles. The molecule has 0 fully saturated rings. The number of hydrogen-bond donors (Lipinski definition) is 1. The molecule has 0 unspecified atom stereocenters. The van der Waals surface area contributed by atoms with Gasteiger partial charge in [0.05, 0.1) is 7.11 Å². The highest BCUT2D eigenvalue weighted by molar-refractivity contribution is 6.61. The van der Waals surface area contributed by atoms with Gasteiger partial charge in [-0.15, -0.1) is 0 Å². The number of methoxy groups -OCH3 is 1. The molecular formula is C2H4ClNO. The van der Waals surface area contributed by atoms with E-state index in [1.54, 1.807) is 0 Å². The lowest BCUT2D eigenvalue weighted by Gasteiger charge is -1.82. The van der Waals surface area contributed by atoms with E-state index < -0.39 is 0 Å². The molecule has 5 heavy (non-hydrogen) atoms. The fraction of sp³-hybridized carbons (Fsp3) is 0.500. The Morgan fingerprint density at radius 2 is 2.20 bits per heavy atom. The second kappa shape index (κ2) is 2.03. The minimum absolute atomic E-state index is 0.273. The summed E-state index contributed by atoms with van der Waals surface area (Å²) in [6, 6.07) is 0. The van der Waals surface area contributed by atoms with Crippen LogP contribution < -0.4 is 0 Å². The Morgan fingerprint density at radius 1 is 2.00 bits per heavy atom. The fourth-order valence-corrected chi connectivity index (χ4v) is 0. The predicted molar refractivity (Wildman–Crippen MR) is 20.6 cm³/mol. The molecule has 1 N–H and O–H groups in total. The maximum atomic E-state index is 6.29. The fourth-order valence-electron chi connectivity index (χ4n) is 0. The average Bonchev–Trinajstić information content (AvgIpc) is 1.38. The van der Waals surface area contributed by atoms with Gasteiger partial charge in [0, 0.05) is 0 Å². The minimum Gasteiger partial charge on any atom is -0.473 e. The second-order valence-corrected chi connectivity index (χ2v) is 0.821. The molecule has 0 saturated heterocycles. The molecule has 0 heterocycles. The van der Waals surface area contributed by atoms with Crippen molar-refractivity contribution in [1.29, 1.82) is 5.41 Å². The van der Waals surface area contributed by atoms with Crippen molar-refractivity contribution in [2.75, 3.05) is 7.11 Å². The minimum atomic E-state index is -0.273. The van der Waals surface area contributed by atoms with Crippen LogP contribution in [0.4, 0.5) is 0 Å². The Kier molecular flexibility index (Phi) is 1.93. The van der Waals surface area contributed by atoms with Gasteiger partial charge in [-0.05, 0) is 11.6 Å². The highest BCUT2D eigenvalue weighted by Gasteiger charge is 1.73. The molecule has 0 radical (unpaired) electrons. The van der Waals surface area contributed by atoms with E-state index >= 15 is 0 Å². The van der Waals surface area contributed by atoms with Crippen LogP contribution in [0.1, 0.15) is 0 Å². The zero-order valence-electron chi connectivity index (χ0n) is 2.79. The number of rotatable bonds is 0. The van der Waals surface area contributed by atoms with Crippen molar-refractivity contribution in [3.05, 3.63) is 0 Å². The van der Waals surface area contributed by atoms with Gasteiger partial charge in [0.1, 0.15) is 0 Å². The van der Waals surface area contributed by atoms with E-state index in [0.29, 0.717) is 0 Å². The molecule has 30 valence electrons. The van der Waals surface area contributed by atoms with Crippen LogP contribution in [-0.2, 0) is 4.74 Å². The smallest absolute Gasteiger partial charge is 0.279 e. The lowest BCUT2D eigenvalue weighted by atomic mass is 11.4. The van der Waals surface area contributed by atoms with E-state index in [1.165, 1.54) is 7.11 Å². The summed E-state index contributed by atoms with van der Waals surface area (Å²) in [5.74, 6) is 0. The van der Waals surface area contributed by atoms with E-state index in [0.717, 1.165) is 0 Å². The third-order valence-corrected chi connectivity index (χ3v) is 0.334. The standard InChI is InChI=1S/C2H4ClNO/c1-5-2(3)4/h4H,1H3. The third kappa shape index (κ3) is 3.76. The first-order valence-electron chi connectivity index (χ1n) is 1.05. The molecule has 0 aromatic heterocycles. The number of nitrogens with one attached hydrogen (secondary N) is 1. The molecule has 0 aromatic carbocycles. The average molecular weight is 93.5 g/mol. The lowest BCUT2D eigenvalue weighted by molar-refractivity contribution is 0.411. The predicted octanol–water partition coefficient (Wildman–Crippen LogP) is 0.806. The van der Waals surface area contributed by atoms with Crippen molar-refractivity contribution in [1.82, 2.24) is 0 Å². The summed E-state index contributed by atoms with van der Waals surface area (Å²) in [6.07, 6.45) is 0. The van der Waals surface area contributed by atoms with E-state index in [2.05, 4.69) is 4.74 Å². The largest absolute Gasteiger partial charge is 0.473 e. The second-order valence-electron chi connectivity index (χ2n) is 0.478. The molecule has 2 nitrogen and oxygen atoms in total. The summed E-state index contributed by atoms with van der Waals surface area (Å²) in [6.45, 7) is 0. The third-order valence-electron chi connectivity index (χ3n) is 0.179. The van der Waals surface area contributed by atoms with Crippen molar-refractivity contribution in [2.24, 2.45) is 0 Å². The van der Waals surface area contributed by atoms with Crippen molar-refractivity contribution < 1.29 is 4.74 Å². The number of halogens is 1. The summed E-state index contributed by atoms with van der Waals surface area (Å²) < 4.78 is 4.10. The molecule has 0 rings (SSSR count). The van der Waals surface area contributed by atoms with Crippen molar-refractivity contribution >= 4 is 17.0 Å². The van der Waals surface area contributed by atoms with Crippen molar-refractivity contribution in [3.8, 4) is 0 Å². The molecule has 0 bridgehead atoms. The normalized spacial score (nSPS) is 6.80. The first kappa shape index (κ1) is 4.76. The molecule has 0 atom stereocenters. The zero-order chi connectivity index (χ0) is 4.28. The van der Waals surface area contributed by atoms with Gasteiger partial charge in [-0.2, -0.15) is 0 Å². The highest BCUT2D eigenvalue weighted by atomic mass is 35.5. The SMILES string of the molecule is COC(=N)Cl. The molecule has 0 aromatic rings. The van der Waals surface area contributed by atoms with Crippen LogP contribution in [0.3, 0.4) is 0 Å². The Balaban J connectivity index is 2.85. The van der Waals surface area contributed by atoms with Gasteiger partial charge >= 0.3 is 0 Å². The zero-order valence-corrected chi connectivity index (χ0v) is 3.54. The summed E-state index contributed by atoms with van der Waals surface area (Å²) in [4.78, 5) is 0. The van der Waals surface area contributed by atoms with Gasteiger partial charge in [0.2, 0.25) is 0 Å². The Hall–Kier alpha value is -0.240. The monoisotopic (exact) mass is 93.0 g/mol. The summed E-state index contributed by atoms with van der Waals surface area (Å²) >= 11 is 4.82.